The highest BCUT2D eigenvalue weighted by molar-refractivity contribution is 5.93. The maximum atomic E-state index is 13.0. The Morgan fingerprint density at radius 3 is 2.93 bits per heavy atom. The molecule has 1 amide bonds. The Balaban J connectivity index is 1.65. The zero-order valence-electron chi connectivity index (χ0n) is 16.6. The minimum atomic E-state index is -0.428. The Kier molecular flexibility index (Phi) is 5.44. The number of hydrogen-bond donors (Lipinski definition) is 2. The molecule has 0 fully saturated rings. The molecule has 2 aromatic heterocycles. The van der Waals surface area contributed by atoms with Gasteiger partial charge in [0, 0.05) is 32.1 Å². The molecule has 1 aliphatic heterocycles. The van der Waals surface area contributed by atoms with Crippen molar-refractivity contribution < 1.29 is 9.21 Å². The van der Waals surface area contributed by atoms with E-state index >= 15 is 0 Å². The summed E-state index contributed by atoms with van der Waals surface area (Å²) in [4.78, 5) is 25.3. The molecule has 1 aromatic carbocycles. The topological polar surface area (TPSA) is 102 Å². The first-order valence-electron chi connectivity index (χ1n) is 9.99. The fourth-order valence-corrected chi connectivity index (χ4v) is 3.70. The summed E-state index contributed by atoms with van der Waals surface area (Å²) >= 11 is 0. The number of rotatable bonds is 5. The van der Waals surface area contributed by atoms with Crippen molar-refractivity contribution in [1.82, 2.24) is 25.4 Å². The predicted molar refractivity (Wildman–Crippen MR) is 109 cm³/mol. The minimum Gasteiger partial charge on any atom is -0.451 e. The van der Waals surface area contributed by atoms with E-state index in [1.807, 2.05) is 0 Å². The average Bonchev–Trinajstić information content (AvgIpc) is 2.95. The van der Waals surface area contributed by atoms with Crippen LogP contribution in [0.1, 0.15) is 48.5 Å². The molecular formula is C21H25N5O3. The lowest BCUT2D eigenvalue weighted by Gasteiger charge is -2.21. The van der Waals surface area contributed by atoms with Gasteiger partial charge in [0.25, 0.3) is 5.91 Å². The molecular weight excluding hydrogens is 370 g/mol. The van der Waals surface area contributed by atoms with E-state index in [0.717, 1.165) is 37.7 Å². The van der Waals surface area contributed by atoms with Gasteiger partial charge in [-0.05, 0) is 24.5 Å². The van der Waals surface area contributed by atoms with Crippen LogP contribution in [0.3, 0.4) is 0 Å². The van der Waals surface area contributed by atoms with Crippen LogP contribution in [0.4, 0.5) is 0 Å². The van der Waals surface area contributed by atoms with Crippen LogP contribution in [0.15, 0.2) is 39.5 Å². The third-order valence-electron chi connectivity index (χ3n) is 5.08. The van der Waals surface area contributed by atoms with Crippen LogP contribution in [0.2, 0.25) is 0 Å². The van der Waals surface area contributed by atoms with E-state index in [1.54, 1.807) is 24.3 Å². The summed E-state index contributed by atoms with van der Waals surface area (Å²) in [6, 6.07) is 7.84. The summed E-state index contributed by atoms with van der Waals surface area (Å²) in [5, 5.41) is 15.5. The van der Waals surface area contributed by atoms with Crippen LogP contribution in [0.25, 0.3) is 11.0 Å². The molecule has 8 heteroatoms. The first-order valence-corrected chi connectivity index (χ1v) is 9.99. The van der Waals surface area contributed by atoms with Crippen molar-refractivity contribution in [3.63, 3.8) is 0 Å². The van der Waals surface area contributed by atoms with E-state index in [4.69, 9.17) is 4.42 Å². The Bertz CT molecular complexity index is 1090. The van der Waals surface area contributed by atoms with Crippen LogP contribution < -0.4 is 16.1 Å². The normalized spacial score (nSPS) is 15.1. The highest BCUT2D eigenvalue weighted by Gasteiger charge is 2.26. The van der Waals surface area contributed by atoms with Gasteiger partial charge in [0.05, 0.1) is 11.4 Å². The molecule has 1 unspecified atom stereocenters. The third kappa shape index (κ3) is 4.07. The quantitative estimate of drug-likeness (QED) is 0.686. The van der Waals surface area contributed by atoms with Crippen LogP contribution in [-0.4, -0.2) is 33.8 Å². The molecule has 3 aromatic rings. The molecule has 152 valence electrons. The van der Waals surface area contributed by atoms with Crippen molar-refractivity contribution in [1.29, 1.82) is 0 Å². The SMILES string of the molecule is CC(C)CC(NC(=O)c1cc(=O)c2ccccc2o1)c1nnc2n1CCNCC2. The molecule has 0 saturated heterocycles. The largest absolute Gasteiger partial charge is 0.451 e. The minimum absolute atomic E-state index is 0.000252. The molecule has 1 atom stereocenters. The zero-order chi connectivity index (χ0) is 20.4. The molecule has 1 aliphatic rings. The van der Waals surface area contributed by atoms with Crippen molar-refractivity contribution in [2.45, 2.75) is 39.3 Å². The Hall–Kier alpha value is -3.00. The van der Waals surface area contributed by atoms with Crippen LogP contribution >= 0.6 is 0 Å². The summed E-state index contributed by atoms with van der Waals surface area (Å²) in [5.74, 6) is 1.57. The molecule has 2 N–H and O–H groups in total. The van der Waals surface area contributed by atoms with Crippen molar-refractivity contribution in [3.8, 4) is 0 Å². The summed E-state index contributed by atoms with van der Waals surface area (Å²) < 4.78 is 7.78. The molecule has 0 aliphatic carbocycles. The zero-order valence-corrected chi connectivity index (χ0v) is 16.6. The second kappa shape index (κ2) is 8.16. The number of amides is 1. The van der Waals surface area contributed by atoms with Crippen LogP contribution in [0.5, 0.6) is 0 Å². The number of carbonyl (C=O) groups excluding carboxylic acids is 1. The number of nitrogens with zero attached hydrogens (tertiary/aromatic N) is 3. The fraction of sp³-hybridized carbons (Fsp3) is 0.429. The fourth-order valence-electron chi connectivity index (χ4n) is 3.70. The monoisotopic (exact) mass is 395 g/mol. The Morgan fingerprint density at radius 2 is 2.10 bits per heavy atom. The molecule has 4 rings (SSSR count). The molecule has 0 bridgehead atoms. The van der Waals surface area contributed by atoms with Gasteiger partial charge in [-0.1, -0.05) is 26.0 Å². The van der Waals surface area contributed by atoms with Crippen LogP contribution in [0, 0.1) is 5.92 Å². The van der Waals surface area contributed by atoms with Gasteiger partial charge in [-0.25, -0.2) is 0 Å². The first kappa shape index (κ1) is 19.3. The maximum Gasteiger partial charge on any atom is 0.287 e. The molecule has 0 spiro atoms. The van der Waals surface area contributed by atoms with E-state index in [0.29, 0.717) is 23.3 Å². The molecule has 3 heterocycles. The molecule has 8 nitrogen and oxygen atoms in total. The second-order valence-electron chi connectivity index (χ2n) is 7.75. The number of aromatic nitrogens is 3. The summed E-state index contributed by atoms with van der Waals surface area (Å²) in [6.07, 6.45) is 1.50. The van der Waals surface area contributed by atoms with Gasteiger partial charge in [-0.3, -0.25) is 9.59 Å². The van der Waals surface area contributed by atoms with E-state index in [1.165, 1.54) is 6.07 Å². The maximum absolute atomic E-state index is 13.0. The van der Waals surface area contributed by atoms with Gasteiger partial charge < -0.3 is 19.6 Å². The van der Waals surface area contributed by atoms with E-state index in [2.05, 4.69) is 39.2 Å². The first-order chi connectivity index (χ1) is 14.0. The molecule has 29 heavy (non-hydrogen) atoms. The van der Waals surface area contributed by atoms with Crippen molar-refractivity contribution >= 4 is 16.9 Å². The summed E-state index contributed by atoms with van der Waals surface area (Å²) in [5.41, 5.74) is 0.160. The van der Waals surface area contributed by atoms with Crippen molar-refractivity contribution in [2.75, 3.05) is 13.1 Å². The number of benzene rings is 1. The summed E-state index contributed by atoms with van der Waals surface area (Å²) in [7, 11) is 0. The number of hydrogen-bond acceptors (Lipinski definition) is 6. The standard InChI is InChI=1S/C21H25N5O3/c1-13(2)11-15(20-25-24-19-7-8-22-9-10-26(19)20)23-21(28)18-12-16(27)14-5-3-4-6-17(14)29-18/h3-6,12-13,15,22H,7-11H2,1-2H3,(H,23,28). The highest BCUT2D eigenvalue weighted by atomic mass is 16.3. The molecule has 0 saturated carbocycles. The van der Waals surface area contributed by atoms with Gasteiger partial charge in [-0.15, -0.1) is 10.2 Å². The van der Waals surface area contributed by atoms with Gasteiger partial charge in [0.15, 0.2) is 17.0 Å². The number of carbonyl (C=O) groups is 1. The lowest BCUT2D eigenvalue weighted by molar-refractivity contribution is 0.0901. The average molecular weight is 395 g/mol. The summed E-state index contributed by atoms with van der Waals surface area (Å²) in [6.45, 7) is 6.64. The van der Waals surface area contributed by atoms with Crippen molar-refractivity contribution in [2.24, 2.45) is 5.92 Å². The lowest BCUT2D eigenvalue weighted by atomic mass is 10.0. The Labute approximate surface area is 168 Å². The molecule has 0 radical (unpaired) electrons. The van der Waals surface area contributed by atoms with E-state index < -0.39 is 5.91 Å². The third-order valence-corrected chi connectivity index (χ3v) is 5.08. The number of nitrogens with one attached hydrogen (secondary N) is 2. The van der Waals surface area contributed by atoms with E-state index in [-0.39, 0.29) is 17.2 Å². The second-order valence-corrected chi connectivity index (χ2v) is 7.75. The lowest BCUT2D eigenvalue weighted by Crippen LogP contribution is -2.32. The van der Waals surface area contributed by atoms with Gasteiger partial charge in [0.1, 0.15) is 11.4 Å². The number of fused-ring (bicyclic) bond motifs is 2. The van der Waals surface area contributed by atoms with Crippen molar-refractivity contribution in [3.05, 3.63) is 58.0 Å². The van der Waals surface area contributed by atoms with Crippen LogP contribution in [-0.2, 0) is 13.0 Å². The number of para-hydroxylation sites is 1. The predicted octanol–water partition coefficient (Wildman–Crippen LogP) is 2.05. The highest BCUT2D eigenvalue weighted by Crippen LogP contribution is 2.22. The van der Waals surface area contributed by atoms with Gasteiger partial charge in [-0.2, -0.15) is 0 Å². The van der Waals surface area contributed by atoms with E-state index in [9.17, 15) is 9.59 Å². The smallest absolute Gasteiger partial charge is 0.287 e. The van der Waals surface area contributed by atoms with Gasteiger partial charge >= 0.3 is 0 Å². The Morgan fingerprint density at radius 1 is 1.28 bits per heavy atom. The van der Waals surface area contributed by atoms with Gasteiger partial charge in [0.2, 0.25) is 0 Å².